The first kappa shape index (κ1) is 10.9. The second-order valence-electron chi connectivity index (χ2n) is 3.47. The van der Waals surface area contributed by atoms with Gasteiger partial charge in [-0.1, -0.05) is 0 Å². The molecule has 0 bridgehead atoms. The maximum atomic E-state index is 11.8. The van der Waals surface area contributed by atoms with Gasteiger partial charge in [-0.2, -0.15) is 0 Å². The summed E-state index contributed by atoms with van der Waals surface area (Å²) in [5.41, 5.74) is 6.94. The minimum atomic E-state index is -0.394. The lowest BCUT2D eigenvalue weighted by Gasteiger charge is -2.06. The van der Waals surface area contributed by atoms with Crippen LogP contribution in [-0.4, -0.2) is 16.0 Å². The van der Waals surface area contributed by atoms with Gasteiger partial charge in [0.05, 0.1) is 11.8 Å². The standard InChI is InChI=1S/C12H11N3O2/c13-8-1-3-9(4-2-8)15-12(17)10-5-6-14-7-11(10)16/h1-7,16H,13H2,(H,15,17). The third kappa shape index (κ3) is 2.52. The van der Waals surface area contributed by atoms with Crippen LogP contribution in [0.15, 0.2) is 42.7 Å². The zero-order valence-corrected chi connectivity index (χ0v) is 8.92. The van der Waals surface area contributed by atoms with E-state index in [4.69, 9.17) is 5.73 Å². The number of nitrogens with one attached hydrogen (secondary N) is 1. The third-order valence-electron chi connectivity index (χ3n) is 2.21. The fourth-order valence-corrected chi connectivity index (χ4v) is 1.34. The lowest BCUT2D eigenvalue weighted by Crippen LogP contribution is -2.12. The molecule has 17 heavy (non-hydrogen) atoms. The predicted octanol–water partition coefficient (Wildman–Crippen LogP) is 1.62. The van der Waals surface area contributed by atoms with Gasteiger partial charge in [0.2, 0.25) is 0 Å². The number of nitrogen functional groups attached to an aromatic ring is 1. The fourth-order valence-electron chi connectivity index (χ4n) is 1.34. The molecule has 0 fully saturated rings. The van der Waals surface area contributed by atoms with Gasteiger partial charge in [0.25, 0.3) is 5.91 Å². The van der Waals surface area contributed by atoms with Gasteiger partial charge in [0.1, 0.15) is 5.75 Å². The van der Waals surface area contributed by atoms with Crippen molar-refractivity contribution < 1.29 is 9.90 Å². The average molecular weight is 229 g/mol. The molecule has 0 saturated carbocycles. The molecule has 2 aromatic rings. The number of nitrogens with two attached hydrogens (primary N) is 1. The Bertz CT molecular complexity index is 538. The van der Waals surface area contributed by atoms with Crippen LogP contribution in [0.5, 0.6) is 5.75 Å². The molecule has 0 saturated heterocycles. The summed E-state index contributed by atoms with van der Waals surface area (Å²) in [7, 11) is 0. The summed E-state index contributed by atoms with van der Waals surface area (Å²) in [5.74, 6) is -0.546. The normalized spacial score (nSPS) is 9.88. The first-order valence-electron chi connectivity index (χ1n) is 4.96. The summed E-state index contributed by atoms with van der Waals surface area (Å²) in [5, 5.41) is 12.1. The quantitative estimate of drug-likeness (QED) is 0.683. The molecule has 0 spiro atoms. The van der Waals surface area contributed by atoms with Crippen LogP contribution in [0.4, 0.5) is 11.4 Å². The molecule has 0 aliphatic carbocycles. The maximum Gasteiger partial charge on any atom is 0.259 e. The van der Waals surface area contributed by atoms with Crippen molar-refractivity contribution in [3.8, 4) is 5.75 Å². The van der Waals surface area contributed by atoms with E-state index in [0.29, 0.717) is 11.4 Å². The SMILES string of the molecule is Nc1ccc(NC(=O)c2ccncc2O)cc1. The number of rotatable bonds is 2. The van der Waals surface area contributed by atoms with Crippen LogP contribution in [0, 0.1) is 0 Å². The van der Waals surface area contributed by atoms with Crippen LogP contribution in [0.3, 0.4) is 0 Å². The Kier molecular flexibility index (Phi) is 2.91. The summed E-state index contributed by atoms with van der Waals surface area (Å²) in [6.07, 6.45) is 2.66. The van der Waals surface area contributed by atoms with Crippen molar-refractivity contribution in [3.05, 3.63) is 48.3 Å². The summed E-state index contributed by atoms with van der Waals surface area (Å²) in [6.45, 7) is 0. The number of amides is 1. The second-order valence-corrected chi connectivity index (χ2v) is 3.47. The van der Waals surface area contributed by atoms with Gasteiger partial charge in [-0.3, -0.25) is 9.78 Å². The highest BCUT2D eigenvalue weighted by molar-refractivity contribution is 6.06. The molecule has 0 unspecified atom stereocenters. The van der Waals surface area contributed by atoms with Gasteiger partial charge in [0, 0.05) is 17.6 Å². The van der Waals surface area contributed by atoms with E-state index in [-0.39, 0.29) is 11.3 Å². The van der Waals surface area contributed by atoms with Gasteiger partial charge in [-0.15, -0.1) is 0 Å². The first-order chi connectivity index (χ1) is 8.16. The smallest absolute Gasteiger partial charge is 0.259 e. The molecule has 5 nitrogen and oxygen atoms in total. The van der Waals surface area contributed by atoms with E-state index in [0.717, 1.165) is 0 Å². The van der Waals surface area contributed by atoms with Gasteiger partial charge < -0.3 is 16.2 Å². The van der Waals surface area contributed by atoms with Crippen LogP contribution in [0.25, 0.3) is 0 Å². The summed E-state index contributed by atoms with van der Waals surface area (Å²) in [6, 6.07) is 8.18. The first-order valence-corrected chi connectivity index (χ1v) is 4.96. The number of benzene rings is 1. The molecule has 1 heterocycles. The zero-order chi connectivity index (χ0) is 12.3. The van der Waals surface area contributed by atoms with E-state index in [1.807, 2.05) is 0 Å². The van der Waals surface area contributed by atoms with Crippen LogP contribution in [-0.2, 0) is 0 Å². The summed E-state index contributed by atoms with van der Waals surface area (Å²) in [4.78, 5) is 15.5. The molecule has 86 valence electrons. The third-order valence-corrected chi connectivity index (χ3v) is 2.21. The molecule has 0 radical (unpaired) electrons. The molecule has 1 aromatic carbocycles. The Labute approximate surface area is 97.9 Å². The van der Waals surface area contributed by atoms with Crippen molar-refractivity contribution in [1.82, 2.24) is 4.98 Å². The Balaban J connectivity index is 2.17. The minimum Gasteiger partial charge on any atom is -0.505 e. The molecule has 1 aromatic heterocycles. The van der Waals surface area contributed by atoms with Crippen molar-refractivity contribution in [2.75, 3.05) is 11.1 Å². The Hall–Kier alpha value is -2.56. The van der Waals surface area contributed by atoms with Crippen molar-refractivity contribution in [2.24, 2.45) is 0 Å². The highest BCUT2D eigenvalue weighted by Gasteiger charge is 2.10. The maximum absolute atomic E-state index is 11.8. The zero-order valence-electron chi connectivity index (χ0n) is 8.92. The molecular formula is C12H11N3O2. The molecular weight excluding hydrogens is 218 g/mol. The van der Waals surface area contributed by atoms with Crippen LogP contribution >= 0.6 is 0 Å². The Morgan fingerprint density at radius 3 is 2.59 bits per heavy atom. The Morgan fingerprint density at radius 1 is 1.24 bits per heavy atom. The number of hydrogen-bond donors (Lipinski definition) is 3. The molecule has 0 aliphatic heterocycles. The number of aromatic nitrogens is 1. The van der Waals surface area contributed by atoms with Gasteiger partial charge in [0.15, 0.2) is 0 Å². The van der Waals surface area contributed by atoms with Gasteiger partial charge in [-0.25, -0.2) is 0 Å². The number of hydrogen-bond acceptors (Lipinski definition) is 4. The van der Waals surface area contributed by atoms with E-state index in [1.165, 1.54) is 18.5 Å². The fraction of sp³-hybridized carbons (Fsp3) is 0. The molecule has 4 N–H and O–H groups in total. The van der Waals surface area contributed by atoms with E-state index >= 15 is 0 Å². The lowest BCUT2D eigenvalue weighted by molar-refractivity contribution is 0.102. The van der Waals surface area contributed by atoms with Crippen LogP contribution < -0.4 is 11.1 Å². The van der Waals surface area contributed by atoms with Crippen molar-refractivity contribution in [3.63, 3.8) is 0 Å². The van der Waals surface area contributed by atoms with Gasteiger partial charge in [-0.05, 0) is 30.3 Å². The van der Waals surface area contributed by atoms with E-state index in [2.05, 4.69) is 10.3 Å². The number of carbonyl (C=O) groups excluding carboxylic acids is 1. The predicted molar refractivity (Wildman–Crippen MR) is 64.7 cm³/mol. The monoisotopic (exact) mass is 229 g/mol. The lowest BCUT2D eigenvalue weighted by atomic mass is 10.2. The van der Waals surface area contributed by atoms with Crippen molar-refractivity contribution >= 4 is 17.3 Å². The number of aromatic hydroxyl groups is 1. The topological polar surface area (TPSA) is 88.2 Å². The van der Waals surface area contributed by atoms with Gasteiger partial charge >= 0.3 is 0 Å². The molecule has 0 aliphatic rings. The van der Waals surface area contributed by atoms with E-state index in [9.17, 15) is 9.90 Å². The highest BCUT2D eigenvalue weighted by atomic mass is 16.3. The van der Waals surface area contributed by atoms with E-state index < -0.39 is 5.91 Å². The number of pyridine rings is 1. The Morgan fingerprint density at radius 2 is 1.94 bits per heavy atom. The largest absolute Gasteiger partial charge is 0.505 e. The van der Waals surface area contributed by atoms with Crippen LogP contribution in [0.1, 0.15) is 10.4 Å². The van der Waals surface area contributed by atoms with E-state index in [1.54, 1.807) is 24.3 Å². The average Bonchev–Trinajstić information content (AvgIpc) is 2.32. The summed E-state index contributed by atoms with van der Waals surface area (Å²) >= 11 is 0. The minimum absolute atomic E-state index is 0.152. The van der Waals surface area contributed by atoms with Crippen molar-refractivity contribution in [2.45, 2.75) is 0 Å². The highest BCUT2D eigenvalue weighted by Crippen LogP contribution is 2.17. The van der Waals surface area contributed by atoms with Crippen molar-refractivity contribution in [1.29, 1.82) is 0 Å². The number of anilines is 2. The van der Waals surface area contributed by atoms with Crippen LogP contribution in [0.2, 0.25) is 0 Å². The second kappa shape index (κ2) is 4.52. The molecule has 1 amide bonds. The molecule has 2 rings (SSSR count). The number of nitrogens with zero attached hydrogens (tertiary/aromatic N) is 1. The summed E-state index contributed by atoms with van der Waals surface area (Å²) < 4.78 is 0. The number of carbonyl (C=O) groups is 1. The molecule has 0 atom stereocenters. The molecule has 5 heteroatoms.